The molecular formula is C14H17N5O. The van der Waals surface area contributed by atoms with Crippen molar-refractivity contribution in [1.29, 1.82) is 0 Å². The smallest absolute Gasteiger partial charge is 0.227 e. The summed E-state index contributed by atoms with van der Waals surface area (Å²) in [6.45, 7) is 1.97. The lowest BCUT2D eigenvalue weighted by atomic mass is 9.89. The van der Waals surface area contributed by atoms with Crippen LogP contribution in [-0.4, -0.2) is 21.3 Å². The normalized spacial score (nSPS) is 17.6. The third-order valence-electron chi connectivity index (χ3n) is 3.71. The van der Waals surface area contributed by atoms with Gasteiger partial charge in [0.05, 0.1) is 22.8 Å². The second-order valence-electron chi connectivity index (χ2n) is 5.24. The molecule has 2 aromatic rings. The van der Waals surface area contributed by atoms with Gasteiger partial charge < -0.3 is 11.1 Å². The van der Waals surface area contributed by atoms with Gasteiger partial charge in [-0.15, -0.1) is 0 Å². The Morgan fingerprint density at radius 2 is 2.20 bits per heavy atom. The van der Waals surface area contributed by atoms with Gasteiger partial charge in [-0.05, 0) is 37.5 Å². The molecule has 1 aromatic heterocycles. The molecule has 20 heavy (non-hydrogen) atoms. The second kappa shape index (κ2) is 4.96. The first-order chi connectivity index (χ1) is 9.63. The number of carbonyl (C=O) groups excluding carboxylic acids is 1. The fourth-order valence-electron chi connectivity index (χ4n) is 2.54. The number of fused-ring (bicyclic) bond motifs is 1. The number of nitrogens with two attached hydrogens (primary N) is 1. The third kappa shape index (κ3) is 2.36. The van der Waals surface area contributed by atoms with Gasteiger partial charge in [0, 0.05) is 12.3 Å². The number of aryl methyl sites for hydroxylation is 2. The van der Waals surface area contributed by atoms with Crippen molar-refractivity contribution in [2.24, 2.45) is 5.92 Å². The van der Waals surface area contributed by atoms with E-state index in [2.05, 4.69) is 20.7 Å². The number of amides is 1. The number of nitrogen functional groups attached to an aromatic ring is 1. The molecule has 104 valence electrons. The first kappa shape index (κ1) is 12.7. The van der Waals surface area contributed by atoms with Gasteiger partial charge in [-0.2, -0.15) is 15.4 Å². The molecule has 1 amide bonds. The molecule has 0 saturated heterocycles. The van der Waals surface area contributed by atoms with Gasteiger partial charge in [0.15, 0.2) is 0 Å². The molecular weight excluding hydrogens is 254 g/mol. The van der Waals surface area contributed by atoms with Crippen molar-refractivity contribution in [2.75, 3.05) is 11.1 Å². The van der Waals surface area contributed by atoms with E-state index in [1.165, 1.54) is 0 Å². The standard InChI is InChI=1S/C14H17N5O/c1-8-2-4-11(10(15)6-8)16-14(20)9-3-5-12-13(7-9)18-19-17-12/h2,4,6,9H,3,5,7,15H2,1H3,(H,16,20)(H,17,18,19). The number of hydrogen-bond donors (Lipinski definition) is 3. The molecule has 0 fully saturated rings. The molecule has 1 aromatic carbocycles. The average Bonchev–Trinajstić information content (AvgIpc) is 2.89. The first-order valence-electron chi connectivity index (χ1n) is 6.69. The van der Waals surface area contributed by atoms with Gasteiger partial charge in [-0.3, -0.25) is 4.79 Å². The van der Waals surface area contributed by atoms with Crippen LogP contribution in [0.25, 0.3) is 0 Å². The molecule has 0 radical (unpaired) electrons. The highest BCUT2D eigenvalue weighted by Gasteiger charge is 2.27. The van der Waals surface area contributed by atoms with Crippen LogP contribution in [0.4, 0.5) is 11.4 Å². The van der Waals surface area contributed by atoms with Crippen LogP contribution in [0, 0.1) is 12.8 Å². The lowest BCUT2D eigenvalue weighted by molar-refractivity contribution is -0.120. The number of nitrogens with zero attached hydrogens (tertiary/aromatic N) is 2. The Balaban J connectivity index is 1.71. The van der Waals surface area contributed by atoms with Crippen molar-refractivity contribution in [3.05, 3.63) is 35.2 Å². The lowest BCUT2D eigenvalue weighted by Crippen LogP contribution is -2.28. The molecule has 1 heterocycles. The molecule has 1 aliphatic carbocycles. The van der Waals surface area contributed by atoms with Crippen LogP contribution in [0.3, 0.4) is 0 Å². The van der Waals surface area contributed by atoms with Crippen molar-refractivity contribution < 1.29 is 4.79 Å². The third-order valence-corrected chi connectivity index (χ3v) is 3.71. The van der Waals surface area contributed by atoms with Crippen LogP contribution < -0.4 is 11.1 Å². The largest absolute Gasteiger partial charge is 0.397 e. The Kier molecular flexibility index (Phi) is 3.14. The monoisotopic (exact) mass is 271 g/mol. The average molecular weight is 271 g/mol. The van der Waals surface area contributed by atoms with E-state index in [1.807, 2.05) is 25.1 Å². The predicted molar refractivity (Wildman–Crippen MR) is 76.1 cm³/mol. The number of aromatic nitrogens is 3. The minimum absolute atomic E-state index is 0.00537. The maximum absolute atomic E-state index is 12.3. The van der Waals surface area contributed by atoms with Crippen LogP contribution in [0.5, 0.6) is 0 Å². The predicted octanol–water partition coefficient (Wildman–Crippen LogP) is 1.44. The molecule has 1 atom stereocenters. The van der Waals surface area contributed by atoms with Crippen LogP contribution in [0.2, 0.25) is 0 Å². The molecule has 1 aliphatic rings. The number of H-pyrrole nitrogens is 1. The summed E-state index contributed by atoms with van der Waals surface area (Å²) in [5, 5.41) is 13.7. The molecule has 0 bridgehead atoms. The first-order valence-corrected chi connectivity index (χ1v) is 6.69. The van der Waals surface area contributed by atoms with Crippen LogP contribution in [-0.2, 0) is 17.6 Å². The molecule has 3 rings (SSSR count). The fraction of sp³-hybridized carbons (Fsp3) is 0.357. The second-order valence-corrected chi connectivity index (χ2v) is 5.24. The number of anilines is 2. The maximum Gasteiger partial charge on any atom is 0.227 e. The van der Waals surface area contributed by atoms with Crippen molar-refractivity contribution in [3.63, 3.8) is 0 Å². The number of hydrogen-bond acceptors (Lipinski definition) is 4. The molecule has 0 spiro atoms. The van der Waals surface area contributed by atoms with Crippen LogP contribution in [0.1, 0.15) is 23.4 Å². The summed E-state index contributed by atoms with van der Waals surface area (Å²) in [4.78, 5) is 12.3. The summed E-state index contributed by atoms with van der Waals surface area (Å²) in [5.74, 6) is -0.0810. The van der Waals surface area contributed by atoms with Gasteiger partial charge in [0.2, 0.25) is 5.91 Å². The highest BCUT2D eigenvalue weighted by Crippen LogP contribution is 2.25. The molecule has 4 N–H and O–H groups in total. The molecule has 6 nitrogen and oxygen atoms in total. The summed E-state index contributed by atoms with van der Waals surface area (Å²) in [7, 11) is 0. The van der Waals surface area contributed by atoms with E-state index in [0.29, 0.717) is 17.8 Å². The zero-order chi connectivity index (χ0) is 14.1. The van der Waals surface area contributed by atoms with Crippen LogP contribution >= 0.6 is 0 Å². The van der Waals surface area contributed by atoms with E-state index in [9.17, 15) is 4.79 Å². The van der Waals surface area contributed by atoms with Gasteiger partial charge in [0.1, 0.15) is 0 Å². The van der Waals surface area contributed by atoms with Crippen molar-refractivity contribution in [2.45, 2.75) is 26.2 Å². The summed E-state index contributed by atoms with van der Waals surface area (Å²) in [6, 6.07) is 5.63. The van der Waals surface area contributed by atoms with Crippen molar-refractivity contribution in [1.82, 2.24) is 15.4 Å². The number of aromatic amines is 1. The van der Waals surface area contributed by atoms with E-state index in [-0.39, 0.29) is 11.8 Å². The quantitative estimate of drug-likeness (QED) is 0.720. The van der Waals surface area contributed by atoms with Gasteiger partial charge in [-0.25, -0.2) is 0 Å². The Labute approximate surface area is 116 Å². The molecule has 1 unspecified atom stereocenters. The summed E-state index contributed by atoms with van der Waals surface area (Å²) >= 11 is 0. The van der Waals surface area contributed by atoms with Crippen molar-refractivity contribution in [3.8, 4) is 0 Å². The minimum atomic E-state index is -0.0756. The fourth-order valence-corrected chi connectivity index (χ4v) is 2.54. The van der Waals surface area contributed by atoms with Gasteiger partial charge >= 0.3 is 0 Å². The topological polar surface area (TPSA) is 96.7 Å². The van der Waals surface area contributed by atoms with E-state index in [4.69, 9.17) is 5.73 Å². The number of benzene rings is 1. The summed E-state index contributed by atoms with van der Waals surface area (Å²) in [5.41, 5.74) is 10.1. The number of rotatable bonds is 2. The van der Waals surface area contributed by atoms with E-state index >= 15 is 0 Å². The van der Waals surface area contributed by atoms with Crippen LogP contribution in [0.15, 0.2) is 18.2 Å². The zero-order valence-electron chi connectivity index (χ0n) is 11.3. The Bertz CT molecular complexity index is 649. The minimum Gasteiger partial charge on any atom is -0.397 e. The van der Waals surface area contributed by atoms with Crippen molar-refractivity contribution >= 4 is 17.3 Å². The Morgan fingerprint density at radius 3 is 3.00 bits per heavy atom. The highest BCUT2D eigenvalue weighted by molar-refractivity contribution is 5.95. The number of nitrogens with one attached hydrogen (secondary N) is 2. The maximum atomic E-state index is 12.3. The Hall–Kier alpha value is -2.37. The SMILES string of the molecule is Cc1ccc(NC(=O)C2CCc3n[nH]nc3C2)c(N)c1. The molecule has 0 aliphatic heterocycles. The van der Waals surface area contributed by atoms with E-state index in [1.54, 1.807) is 0 Å². The summed E-state index contributed by atoms with van der Waals surface area (Å²) < 4.78 is 0. The highest BCUT2D eigenvalue weighted by atomic mass is 16.1. The zero-order valence-corrected chi connectivity index (χ0v) is 11.3. The van der Waals surface area contributed by atoms with E-state index in [0.717, 1.165) is 29.8 Å². The number of carbonyl (C=O) groups is 1. The molecule has 6 heteroatoms. The summed E-state index contributed by atoms with van der Waals surface area (Å²) in [6.07, 6.45) is 2.20. The Morgan fingerprint density at radius 1 is 1.40 bits per heavy atom. The van der Waals surface area contributed by atoms with Gasteiger partial charge in [0.25, 0.3) is 0 Å². The van der Waals surface area contributed by atoms with Gasteiger partial charge in [-0.1, -0.05) is 6.07 Å². The molecule has 0 saturated carbocycles. The lowest BCUT2D eigenvalue weighted by Gasteiger charge is -2.20. The van der Waals surface area contributed by atoms with E-state index < -0.39 is 0 Å².